The number of hydrogen-bond acceptors (Lipinski definition) is 1. The molecular formula is C33H27N2+. The average Bonchev–Trinajstić information content (AvgIpc) is 2.89. The largest absolute Gasteiger partial charge is 0.287 e. The fraction of sp³-hybridized carbons (Fsp3) is 0.152. The molecule has 0 saturated carbocycles. The van der Waals surface area contributed by atoms with Gasteiger partial charge in [-0.2, -0.15) is 0 Å². The molecule has 0 radical (unpaired) electrons. The second-order valence-electron chi connectivity index (χ2n) is 10.0. The topological polar surface area (TPSA) is 16.8 Å². The molecule has 1 heterocycles. The molecule has 35 heavy (non-hydrogen) atoms. The number of rotatable bonds is 2. The maximum Gasteiger partial charge on any atom is 0.287 e. The fourth-order valence-electron chi connectivity index (χ4n) is 6.36. The average molecular weight is 452 g/mol. The highest BCUT2D eigenvalue weighted by atomic mass is 15.0. The van der Waals surface area contributed by atoms with E-state index < -0.39 is 0 Å². The molecule has 5 aromatic rings. The fourth-order valence-corrected chi connectivity index (χ4v) is 6.36. The summed E-state index contributed by atoms with van der Waals surface area (Å²) in [5.41, 5.74) is 15.9. The summed E-state index contributed by atoms with van der Waals surface area (Å²) in [6.45, 7) is 4.41. The van der Waals surface area contributed by atoms with Crippen molar-refractivity contribution in [2.24, 2.45) is 7.05 Å². The van der Waals surface area contributed by atoms with E-state index in [-0.39, 0.29) is 5.92 Å². The van der Waals surface area contributed by atoms with Crippen LogP contribution in [0.25, 0.3) is 22.5 Å². The van der Waals surface area contributed by atoms with E-state index in [1.165, 1.54) is 61.3 Å². The standard InChI is InChI=1S/C33H27N2/c1-20-10-4-5-11-22(20)31-18-30(34-19-35(31)3)27-17-29-28(16-21(27)2)32-23-12-6-8-14-25(23)33(29)26-15-9-7-13-24(26)32/h4-19,32-33H,1-3H3/q+1. The molecule has 4 aromatic carbocycles. The lowest BCUT2D eigenvalue weighted by Gasteiger charge is -2.42. The van der Waals surface area contributed by atoms with Crippen LogP contribution in [0.5, 0.6) is 0 Å². The Hall–Kier alpha value is -4.04. The minimum atomic E-state index is 0.275. The van der Waals surface area contributed by atoms with Gasteiger partial charge in [0.05, 0.1) is 7.05 Å². The molecule has 168 valence electrons. The Kier molecular flexibility index (Phi) is 4.35. The van der Waals surface area contributed by atoms with Crippen LogP contribution in [-0.4, -0.2) is 4.98 Å². The maximum atomic E-state index is 4.89. The number of aromatic nitrogens is 2. The van der Waals surface area contributed by atoms with Gasteiger partial charge in [-0.15, -0.1) is 0 Å². The van der Waals surface area contributed by atoms with Crippen molar-refractivity contribution in [3.63, 3.8) is 0 Å². The number of aryl methyl sites for hydroxylation is 3. The molecule has 3 aliphatic rings. The van der Waals surface area contributed by atoms with Crippen molar-refractivity contribution < 1.29 is 4.57 Å². The van der Waals surface area contributed by atoms with Crippen LogP contribution in [0.1, 0.15) is 56.3 Å². The summed E-state index contributed by atoms with van der Waals surface area (Å²) >= 11 is 0. The Morgan fingerprint density at radius 2 is 1.11 bits per heavy atom. The van der Waals surface area contributed by atoms with Crippen molar-refractivity contribution in [2.75, 3.05) is 0 Å². The molecule has 0 fully saturated rings. The van der Waals surface area contributed by atoms with Gasteiger partial charge >= 0.3 is 0 Å². The molecular weight excluding hydrogens is 424 g/mol. The lowest BCUT2D eigenvalue weighted by Crippen LogP contribution is -2.31. The summed E-state index contributed by atoms with van der Waals surface area (Å²) in [7, 11) is 2.07. The minimum absolute atomic E-state index is 0.275. The van der Waals surface area contributed by atoms with E-state index in [0.29, 0.717) is 5.92 Å². The lowest BCUT2D eigenvalue weighted by molar-refractivity contribution is -0.663. The predicted molar refractivity (Wildman–Crippen MR) is 141 cm³/mol. The molecule has 0 unspecified atom stereocenters. The second kappa shape index (κ2) is 7.48. The molecule has 0 atom stereocenters. The quantitative estimate of drug-likeness (QED) is 0.263. The van der Waals surface area contributed by atoms with Crippen LogP contribution in [0.2, 0.25) is 0 Å². The van der Waals surface area contributed by atoms with Gasteiger partial charge in [0.15, 0.2) is 5.69 Å². The normalized spacial score (nSPS) is 17.0. The van der Waals surface area contributed by atoms with Gasteiger partial charge in [0.25, 0.3) is 6.33 Å². The van der Waals surface area contributed by atoms with Gasteiger partial charge in [-0.1, -0.05) is 78.9 Å². The molecule has 2 heteroatoms. The molecule has 0 saturated heterocycles. The molecule has 0 N–H and O–H groups in total. The number of nitrogens with zero attached hydrogens (tertiary/aromatic N) is 2. The minimum Gasteiger partial charge on any atom is -0.232 e. The monoisotopic (exact) mass is 451 g/mol. The molecule has 0 amide bonds. The van der Waals surface area contributed by atoms with Gasteiger partial charge in [-0.25, -0.2) is 4.57 Å². The van der Waals surface area contributed by atoms with Gasteiger partial charge in [0, 0.05) is 29.0 Å². The van der Waals surface area contributed by atoms with Gasteiger partial charge in [0.1, 0.15) is 5.69 Å². The maximum absolute atomic E-state index is 4.89. The molecule has 2 bridgehead atoms. The first-order valence-electron chi connectivity index (χ1n) is 12.4. The summed E-state index contributed by atoms with van der Waals surface area (Å²) in [4.78, 5) is 4.89. The van der Waals surface area contributed by atoms with Crippen molar-refractivity contribution in [1.82, 2.24) is 4.98 Å². The van der Waals surface area contributed by atoms with Crippen LogP contribution < -0.4 is 4.57 Å². The third kappa shape index (κ3) is 2.89. The van der Waals surface area contributed by atoms with Crippen LogP contribution in [-0.2, 0) is 7.05 Å². The van der Waals surface area contributed by atoms with Gasteiger partial charge in [0.2, 0.25) is 0 Å². The predicted octanol–water partition coefficient (Wildman–Crippen LogP) is 6.84. The number of benzene rings is 4. The first kappa shape index (κ1) is 20.3. The van der Waals surface area contributed by atoms with Crippen LogP contribution in [0.4, 0.5) is 0 Å². The van der Waals surface area contributed by atoms with Crippen molar-refractivity contribution in [1.29, 1.82) is 0 Å². The van der Waals surface area contributed by atoms with E-state index in [9.17, 15) is 0 Å². The summed E-state index contributed by atoms with van der Waals surface area (Å²) in [6, 6.07) is 33.7. The smallest absolute Gasteiger partial charge is 0.232 e. The summed E-state index contributed by atoms with van der Waals surface area (Å²) in [5, 5.41) is 0. The van der Waals surface area contributed by atoms with E-state index in [0.717, 1.165) is 5.69 Å². The van der Waals surface area contributed by atoms with Gasteiger partial charge in [-0.05, 0) is 69.4 Å². The third-order valence-electron chi connectivity index (χ3n) is 8.01. The van der Waals surface area contributed by atoms with Crippen molar-refractivity contribution in [2.45, 2.75) is 25.7 Å². The van der Waals surface area contributed by atoms with Crippen molar-refractivity contribution >= 4 is 0 Å². The Bertz CT molecular complexity index is 1600. The van der Waals surface area contributed by atoms with Crippen molar-refractivity contribution in [3.05, 3.63) is 142 Å². The summed E-state index contributed by atoms with van der Waals surface area (Å²) in [5.74, 6) is 0.580. The van der Waals surface area contributed by atoms with Crippen molar-refractivity contribution in [3.8, 4) is 22.5 Å². The molecule has 2 nitrogen and oxygen atoms in total. The van der Waals surface area contributed by atoms with Gasteiger partial charge < -0.3 is 0 Å². The van der Waals surface area contributed by atoms with E-state index in [1.807, 2.05) is 6.33 Å². The highest BCUT2D eigenvalue weighted by Gasteiger charge is 2.41. The highest BCUT2D eigenvalue weighted by Crippen LogP contribution is 2.56. The molecule has 8 rings (SSSR count). The zero-order valence-corrected chi connectivity index (χ0v) is 20.3. The Morgan fingerprint density at radius 1 is 0.571 bits per heavy atom. The lowest BCUT2D eigenvalue weighted by atomic mass is 9.60. The summed E-state index contributed by atoms with van der Waals surface area (Å²) in [6.07, 6.45) is 1.95. The van der Waals surface area contributed by atoms with E-state index in [4.69, 9.17) is 4.98 Å². The van der Waals surface area contributed by atoms with E-state index in [2.05, 4.69) is 116 Å². The van der Waals surface area contributed by atoms with E-state index >= 15 is 0 Å². The van der Waals surface area contributed by atoms with Crippen LogP contribution in [0.3, 0.4) is 0 Å². The molecule has 3 aliphatic carbocycles. The Labute approximate surface area is 206 Å². The Morgan fingerprint density at radius 3 is 1.71 bits per heavy atom. The molecule has 0 spiro atoms. The first-order valence-corrected chi connectivity index (χ1v) is 12.4. The van der Waals surface area contributed by atoms with E-state index in [1.54, 1.807) is 0 Å². The molecule has 1 aromatic heterocycles. The van der Waals surface area contributed by atoms with Crippen LogP contribution in [0, 0.1) is 13.8 Å². The first-order chi connectivity index (χ1) is 17.1. The SMILES string of the molecule is Cc1cc2c(cc1-c1cc(-c3ccccc3C)[n+](C)cn1)C1c3ccccc3C2c2ccccc21. The zero-order chi connectivity index (χ0) is 23.7. The Balaban J connectivity index is 1.44. The van der Waals surface area contributed by atoms with Gasteiger partial charge in [-0.3, -0.25) is 0 Å². The third-order valence-corrected chi connectivity index (χ3v) is 8.01. The number of hydrogen-bond donors (Lipinski definition) is 0. The zero-order valence-electron chi connectivity index (χ0n) is 20.3. The van der Waals surface area contributed by atoms with Crippen LogP contribution >= 0.6 is 0 Å². The second-order valence-corrected chi connectivity index (χ2v) is 10.0. The summed E-state index contributed by atoms with van der Waals surface area (Å²) < 4.78 is 2.12. The van der Waals surface area contributed by atoms with Crippen LogP contribution in [0.15, 0.2) is 97.3 Å². The highest BCUT2D eigenvalue weighted by molar-refractivity contribution is 5.75. The molecule has 0 aliphatic heterocycles.